The van der Waals surface area contributed by atoms with Crippen molar-refractivity contribution in [2.45, 2.75) is 114 Å². The highest BCUT2D eigenvalue weighted by atomic mass is 35.6. The van der Waals surface area contributed by atoms with E-state index in [0.29, 0.717) is 32.2 Å². The maximum Gasteiger partial charge on any atom is 0.325 e. The number of alkyl halides is 3. The fourth-order valence-corrected chi connectivity index (χ4v) is 5.61. The molecule has 14 heteroatoms. The van der Waals surface area contributed by atoms with E-state index in [4.69, 9.17) is 44.0 Å². The van der Waals surface area contributed by atoms with E-state index in [-0.39, 0.29) is 23.0 Å². The van der Waals surface area contributed by atoms with Crippen LogP contribution in [-0.4, -0.2) is 78.9 Å². The molecule has 0 spiro atoms. The number of hydrogen-bond acceptors (Lipinski definition) is 7. The van der Waals surface area contributed by atoms with Gasteiger partial charge >= 0.3 is 5.97 Å². The minimum absolute atomic E-state index is 0.0274. The quantitative estimate of drug-likeness (QED) is 0.110. The van der Waals surface area contributed by atoms with Gasteiger partial charge in [0.25, 0.3) is 5.91 Å². The molecule has 0 aromatic rings. The molecular weight excluding hydrogens is 623 g/mol. The predicted octanol–water partition coefficient (Wildman–Crippen LogP) is 4.18. The summed E-state index contributed by atoms with van der Waals surface area (Å²) in [7, 11) is -1.62. The van der Waals surface area contributed by atoms with Gasteiger partial charge in [0.05, 0.1) is 12.0 Å². The summed E-state index contributed by atoms with van der Waals surface area (Å²) in [4.78, 5) is 52.1. The second kappa shape index (κ2) is 17.2. The molecule has 1 saturated heterocycles. The van der Waals surface area contributed by atoms with Gasteiger partial charge in [0, 0.05) is 6.54 Å². The SMILES string of the molecule is C=CCC[C@@H](O[SiH](C)C(C)(C)C)[C@@H](C)C(=O)N[C@H](C(=O)N[C@@H](C)C(=O)N1CCC[C@@H](C(=O)OCC(Cl)(Cl)Cl)N1)C(C)C. The fourth-order valence-electron chi connectivity index (χ4n) is 4.14. The monoisotopic (exact) mass is 670 g/mol. The summed E-state index contributed by atoms with van der Waals surface area (Å²) < 4.78 is 9.73. The molecule has 0 aliphatic carbocycles. The molecule has 1 aliphatic rings. The van der Waals surface area contributed by atoms with Crippen molar-refractivity contribution in [3.63, 3.8) is 0 Å². The first-order chi connectivity index (χ1) is 19.3. The molecule has 242 valence electrons. The molecule has 1 unspecified atom stereocenters. The molecule has 0 aromatic heterocycles. The summed E-state index contributed by atoms with van der Waals surface area (Å²) in [6.07, 6.45) is 3.81. The largest absolute Gasteiger partial charge is 0.460 e. The van der Waals surface area contributed by atoms with Crippen LogP contribution in [0, 0.1) is 11.8 Å². The van der Waals surface area contributed by atoms with E-state index in [9.17, 15) is 19.2 Å². The maximum absolute atomic E-state index is 13.3. The van der Waals surface area contributed by atoms with E-state index >= 15 is 0 Å². The van der Waals surface area contributed by atoms with Crippen LogP contribution >= 0.6 is 34.8 Å². The number of allylic oxidation sites excluding steroid dienone is 1. The Bertz CT molecular complexity index is 944. The third-order valence-electron chi connectivity index (χ3n) is 7.32. The minimum atomic E-state index is -1.75. The van der Waals surface area contributed by atoms with Gasteiger partial charge in [-0.2, -0.15) is 0 Å². The lowest BCUT2D eigenvalue weighted by molar-refractivity contribution is -0.152. The molecule has 0 aromatic carbocycles. The Labute approximate surface area is 267 Å². The van der Waals surface area contributed by atoms with Crippen molar-refractivity contribution >= 4 is 67.5 Å². The van der Waals surface area contributed by atoms with Crippen molar-refractivity contribution in [2.75, 3.05) is 13.2 Å². The zero-order valence-corrected chi connectivity index (χ0v) is 29.5. The average molecular weight is 672 g/mol. The van der Waals surface area contributed by atoms with Gasteiger partial charge in [0.1, 0.15) is 24.7 Å². The van der Waals surface area contributed by atoms with E-state index in [0.717, 1.165) is 0 Å². The highest BCUT2D eigenvalue weighted by Crippen LogP contribution is 2.30. The molecule has 1 aliphatic heterocycles. The van der Waals surface area contributed by atoms with Gasteiger partial charge in [0.15, 0.2) is 9.04 Å². The van der Waals surface area contributed by atoms with E-state index in [1.54, 1.807) is 13.0 Å². The molecule has 10 nitrogen and oxygen atoms in total. The van der Waals surface area contributed by atoms with Gasteiger partial charge < -0.3 is 19.8 Å². The Kier molecular flexibility index (Phi) is 15.8. The summed E-state index contributed by atoms with van der Waals surface area (Å²) in [6, 6.07) is -2.60. The molecule has 0 radical (unpaired) electrons. The van der Waals surface area contributed by atoms with Crippen LogP contribution in [0.2, 0.25) is 11.6 Å². The second-order valence-electron chi connectivity index (χ2n) is 12.3. The highest BCUT2D eigenvalue weighted by molar-refractivity contribution is 6.67. The normalized spacial score (nSPS) is 19.7. The number of nitrogens with one attached hydrogen (secondary N) is 3. The van der Waals surface area contributed by atoms with Crippen molar-refractivity contribution in [3.8, 4) is 0 Å². The highest BCUT2D eigenvalue weighted by Gasteiger charge is 2.36. The van der Waals surface area contributed by atoms with Crippen molar-refractivity contribution < 1.29 is 28.3 Å². The van der Waals surface area contributed by atoms with Gasteiger partial charge in [-0.05, 0) is 50.1 Å². The summed E-state index contributed by atoms with van der Waals surface area (Å²) in [5, 5.41) is 6.91. The molecule has 3 N–H and O–H groups in total. The predicted molar refractivity (Wildman–Crippen MR) is 170 cm³/mol. The van der Waals surface area contributed by atoms with Crippen LogP contribution in [0.25, 0.3) is 0 Å². The first-order valence-corrected chi connectivity index (χ1v) is 17.8. The molecular formula is C28H49Cl3N4O6Si. The van der Waals surface area contributed by atoms with Gasteiger partial charge in [-0.3, -0.25) is 24.2 Å². The minimum Gasteiger partial charge on any atom is -0.460 e. The Morgan fingerprint density at radius 1 is 1.10 bits per heavy atom. The number of halogens is 3. The number of nitrogens with zero attached hydrogens (tertiary/aromatic N) is 1. The van der Waals surface area contributed by atoms with Crippen LogP contribution in [0.3, 0.4) is 0 Å². The van der Waals surface area contributed by atoms with E-state index < -0.39 is 61.3 Å². The third kappa shape index (κ3) is 13.1. The lowest BCUT2D eigenvalue weighted by atomic mass is 9.97. The summed E-state index contributed by atoms with van der Waals surface area (Å²) in [6.45, 7) is 19.2. The first kappa shape index (κ1) is 38.7. The molecule has 42 heavy (non-hydrogen) atoms. The van der Waals surface area contributed by atoms with E-state index in [1.807, 2.05) is 20.8 Å². The van der Waals surface area contributed by atoms with Crippen LogP contribution < -0.4 is 16.1 Å². The number of amides is 3. The molecule has 3 amide bonds. The molecule has 0 bridgehead atoms. The van der Waals surface area contributed by atoms with Gasteiger partial charge in [0.2, 0.25) is 15.6 Å². The van der Waals surface area contributed by atoms with Crippen LogP contribution in [0.4, 0.5) is 0 Å². The van der Waals surface area contributed by atoms with Crippen molar-refractivity contribution in [3.05, 3.63) is 12.7 Å². The average Bonchev–Trinajstić information content (AvgIpc) is 2.90. The van der Waals surface area contributed by atoms with Crippen molar-refractivity contribution in [1.29, 1.82) is 0 Å². The topological polar surface area (TPSA) is 126 Å². The summed E-state index contributed by atoms with van der Waals surface area (Å²) in [5.41, 5.74) is 2.84. The molecule has 1 heterocycles. The maximum atomic E-state index is 13.3. The van der Waals surface area contributed by atoms with Crippen LogP contribution in [0.5, 0.6) is 0 Å². The van der Waals surface area contributed by atoms with E-state index in [1.165, 1.54) is 5.01 Å². The fraction of sp³-hybridized carbons (Fsp3) is 0.786. The number of hydrogen-bond donors (Lipinski definition) is 3. The zero-order chi connectivity index (χ0) is 32.4. The zero-order valence-electron chi connectivity index (χ0n) is 26.1. The van der Waals surface area contributed by atoms with Crippen molar-refractivity contribution in [2.24, 2.45) is 11.8 Å². The van der Waals surface area contributed by atoms with Crippen LogP contribution in [0.15, 0.2) is 12.7 Å². The van der Waals surface area contributed by atoms with Crippen molar-refractivity contribution in [1.82, 2.24) is 21.1 Å². The molecule has 1 fully saturated rings. The lowest BCUT2D eigenvalue weighted by Gasteiger charge is -2.35. The first-order valence-electron chi connectivity index (χ1n) is 14.5. The van der Waals surface area contributed by atoms with Gasteiger partial charge in [-0.1, -0.05) is 82.4 Å². The van der Waals surface area contributed by atoms with Gasteiger partial charge in [-0.15, -0.1) is 6.58 Å². The Hall–Kier alpha value is -1.37. The smallest absolute Gasteiger partial charge is 0.325 e. The Morgan fingerprint density at radius 3 is 2.24 bits per heavy atom. The summed E-state index contributed by atoms with van der Waals surface area (Å²) in [5.74, 6) is -2.61. The summed E-state index contributed by atoms with van der Waals surface area (Å²) >= 11 is 16.9. The van der Waals surface area contributed by atoms with Crippen LogP contribution in [0.1, 0.15) is 74.1 Å². The molecule has 1 rings (SSSR count). The number of rotatable bonds is 14. The van der Waals surface area contributed by atoms with Crippen LogP contribution in [-0.2, 0) is 28.3 Å². The molecule has 0 saturated carbocycles. The standard InChI is InChI=1S/C28H49Cl3N4O6Si/c1-10-11-14-21(41-42(9)27(6,7)8)18(4)23(36)33-22(17(2)3)24(37)32-19(5)25(38)35-15-12-13-20(34-35)26(39)40-16-28(29,30)31/h10,17-22,34,42H,1,11-16H2,2-9H3,(H,32,37)(H,33,36)/t18-,19+,20+,21-,22+,42?/m1/s1. The third-order valence-corrected chi connectivity index (χ3v) is 10.8. The second-order valence-corrected chi connectivity index (χ2v) is 18.1. The Morgan fingerprint density at radius 2 is 1.71 bits per heavy atom. The van der Waals surface area contributed by atoms with Gasteiger partial charge in [-0.25, -0.2) is 5.43 Å². The van der Waals surface area contributed by atoms with E-state index in [2.05, 4.69) is 50.0 Å². The lowest BCUT2D eigenvalue weighted by Crippen LogP contribution is -2.61. The number of carbonyl (C=O) groups is 4. The molecule has 6 atom stereocenters. The number of carbonyl (C=O) groups excluding carboxylic acids is 4. The Balaban J connectivity index is 2.85. The number of hydrazine groups is 1. The number of ether oxygens (including phenoxy) is 1. The number of esters is 1.